The third-order valence-electron chi connectivity index (χ3n) is 7.57. The van der Waals surface area contributed by atoms with Crippen LogP contribution in [-0.4, -0.2) is 17.8 Å². The summed E-state index contributed by atoms with van der Waals surface area (Å²) in [5, 5.41) is 4.58. The highest BCUT2D eigenvalue weighted by atomic mass is 16.5. The first-order chi connectivity index (χ1) is 21.4. The summed E-state index contributed by atoms with van der Waals surface area (Å²) in [5.41, 5.74) is 5.25. The van der Waals surface area contributed by atoms with Gasteiger partial charge in [-0.1, -0.05) is 78.4 Å². The molecule has 5 aromatic carbocycles. The quantitative estimate of drug-likeness (QED) is 0.154. The SMILES string of the molecule is Cc1ccc(COc2ccc(N3C(=O)NC(=O)/C(=C\c4ccc(OCc5c(C)ccc6ccccc56)cc4)C3=O)cc2)cc1. The van der Waals surface area contributed by atoms with Gasteiger partial charge in [-0.3, -0.25) is 14.9 Å². The van der Waals surface area contributed by atoms with E-state index in [-0.39, 0.29) is 5.57 Å². The number of carbonyl (C=O) groups excluding carboxylic acids is 3. The van der Waals surface area contributed by atoms with Gasteiger partial charge >= 0.3 is 6.03 Å². The van der Waals surface area contributed by atoms with Crippen LogP contribution in [0.4, 0.5) is 10.5 Å². The Morgan fingerprint density at radius 3 is 2.09 bits per heavy atom. The van der Waals surface area contributed by atoms with E-state index in [1.165, 1.54) is 11.6 Å². The number of benzene rings is 5. The van der Waals surface area contributed by atoms with Gasteiger partial charge in [0.2, 0.25) is 0 Å². The lowest BCUT2D eigenvalue weighted by Crippen LogP contribution is -2.54. The normalized spacial score (nSPS) is 14.2. The highest BCUT2D eigenvalue weighted by Crippen LogP contribution is 2.27. The number of amides is 4. The molecule has 0 aliphatic carbocycles. The first-order valence-corrected chi connectivity index (χ1v) is 14.3. The number of aryl methyl sites for hydroxylation is 2. The van der Waals surface area contributed by atoms with Crippen LogP contribution in [0.15, 0.2) is 115 Å². The van der Waals surface area contributed by atoms with Gasteiger partial charge in [-0.2, -0.15) is 0 Å². The highest BCUT2D eigenvalue weighted by molar-refractivity contribution is 6.39. The van der Waals surface area contributed by atoms with Crippen molar-refractivity contribution in [3.05, 3.63) is 143 Å². The molecule has 218 valence electrons. The molecule has 44 heavy (non-hydrogen) atoms. The number of barbiturate groups is 1. The Morgan fingerprint density at radius 1 is 0.705 bits per heavy atom. The minimum absolute atomic E-state index is 0.149. The standard InChI is InChI=1S/C37H30N2O5/c1-24-7-10-27(11-8-24)22-43-31-19-15-29(16-20-31)39-36(41)33(35(40)38-37(39)42)21-26-12-17-30(18-13-26)44-23-34-25(2)9-14-28-5-3-4-6-32(28)34/h3-21H,22-23H2,1-2H3,(H,38,40,42)/b33-21+. The molecule has 7 heteroatoms. The number of fused-ring (bicyclic) bond motifs is 1. The Bertz CT molecular complexity index is 1890. The van der Waals surface area contributed by atoms with Crippen LogP contribution in [0.1, 0.15) is 27.8 Å². The zero-order valence-electron chi connectivity index (χ0n) is 24.4. The number of nitrogens with one attached hydrogen (secondary N) is 1. The lowest BCUT2D eigenvalue weighted by Gasteiger charge is -2.26. The largest absolute Gasteiger partial charge is 0.489 e. The summed E-state index contributed by atoms with van der Waals surface area (Å²) in [7, 11) is 0. The second kappa shape index (κ2) is 12.3. The van der Waals surface area contributed by atoms with Crippen LogP contribution in [0, 0.1) is 13.8 Å². The van der Waals surface area contributed by atoms with Gasteiger partial charge in [-0.15, -0.1) is 0 Å². The van der Waals surface area contributed by atoms with E-state index in [4.69, 9.17) is 9.47 Å². The Hall–Kier alpha value is -5.69. The number of rotatable bonds is 8. The number of nitrogens with zero attached hydrogens (tertiary/aromatic N) is 1. The van der Waals surface area contributed by atoms with Crippen LogP contribution >= 0.6 is 0 Å². The van der Waals surface area contributed by atoms with E-state index in [1.54, 1.807) is 48.5 Å². The van der Waals surface area contributed by atoms with Gasteiger partial charge in [0.05, 0.1) is 5.69 Å². The summed E-state index contributed by atoms with van der Waals surface area (Å²) in [6, 6.07) is 33.3. The first-order valence-electron chi connectivity index (χ1n) is 14.3. The molecule has 1 N–H and O–H groups in total. The number of hydrogen-bond donors (Lipinski definition) is 1. The fourth-order valence-electron chi connectivity index (χ4n) is 5.05. The number of imide groups is 2. The fourth-order valence-corrected chi connectivity index (χ4v) is 5.05. The second-order valence-corrected chi connectivity index (χ2v) is 10.7. The van der Waals surface area contributed by atoms with Crippen LogP contribution in [0.25, 0.3) is 16.8 Å². The number of hydrogen-bond acceptors (Lipinski definition) is 5. The van der Waals surface area contributed by atoms with Crippen molar-refractivity contribution in [2.24, 2.45) is 0 Å². The van der Waals surface area contributed by atoms with Gasteiger partial charge in [-0.25, -0.2) is 9.69 Å². The van der Waals surface area contributed by atoms with E-state index >= 15 is 0 Å². The zero-order chi connectivity index (χ0) is 30.6. The van der Waals surface area contributed by atoms with Gasteiger partial charge in [-0.05, 0) is 83.8 Å². The fraction of sp³-hybridized carbons (Fsp3) is 0.108. The molecule has 1 aliphatic heterocycles. The molecule has 0 spiro atoms. The zero-order valence-corrected chi connectivity index (χ0v) is 24.4. The third kappa shape index (κ3) is 6.08. The molecular weight excluding hydrogens is 552 g/mol. The number of urea groups is 1. The van der Waals surface area contributed by atoms with Crippen molar-refractivity contribution in [1.82, 2.24) is 5.32 Å². The summed E-state index contributed by atoms with van der Waals surface area (Å²) in [4.78, 5) is 39.6. The van der Waals surface area contributed by atoms with Gasteiger partial charge in [0.15, 0.2) is 0 Å². The Labute approximate surface area is 255 Å². The Balaban J connectivity index is 1.14. The lowest BCUT2D eigenvalue weighted by atomic mass is 10.0. The van der Waals surface area contributed by atoms with Gasteiger partial charge in [0.25, 0.3) is 11.8 Å². The molecule has 1 aliphatic rings. The van der Waals surface area contributed by atoms with Crippen molar-refractivity contribution < 1.29 is 23.9 Å². The summed E-state index contributed by atoms with van der Waals surface area (Å²) >= 11 is 0. The van der Waals surface area contributed by atoms with Crippen LogP contribution in [0.2, 0.25) is 0 Å². The molecular formula is C37H30N2O5. The number of ether oxygens (including phenoxy) is 2. The molecule has 7 nitrogen and oxygen atoms in total. The van der Waals surface area contributed by atoms with Crippen molar-refractivity contribution in [3.63, 3.8) is 0 Å². The molecule has 6 rings (SSSR count). The molecule has 0 saturated carbocycles. The number of carbonyl (C=O) groups is 3. The average molecular weight is 583 g/mol. The first kappa shape index (κ1) is 28.4. The van der Waals surface area contributed by atoms with Crippen molar-refractivity contribution in [2.75, 3.05) is 4.90 Å². The summed E-state index contributed by atoms with van der Waals surface area (Å²) in [5.74, 6) is -0.218. The summed E-state index contributed by atoms with van der Waals surface area (Å²) < 4.78 is 11.9. The van der Waals surface area contributed by atoms with Crippen LogP contribution in [-0.2, 0) is 22.8 Å². The van der Waals surface area contributed by atoms with E-state index in [2.05, 4.69) is 36.5 Å². The molecule has 0 aromatic heterocycles. The highest BCUT2D eigenvalue weighted by Gasteiger charge is 2.36. The molecule has 0 bridgehead atoms. The van der Waals surface area contributed by atoms with E-state index in [0.717, 1.165) is 32.4 Å². The maximum Gasteiger partial charge on any atom is 0.335 e. The minimum Gasteiger partial charge on any atom is -0.489 e. The third-order valence-corrected chi connectivity index (χ3v) is 7.57. The smallest absolute Gasteiger partial charge is 0.335 e. The average Bonchev–Trinajstić information content (AvgIpc) is 3.03. The molecule has 0 radical (unpaired) electrons. The predicted molar refractivity (Wildman–Crippen MR) is 170 cm³/mol. The number of anilines is 1. The molecule has 0 atom stereocenters. The van der Waals surface area contributed by atoms with Crippen molar-refractivity contribution in [3.8, 4) is 11.5 Å². The minimum atomic E-state index is -0.807. The molecule has 1 fully saturated rings. The van der Waals surface area contributed by atoms with E-state index < -0.39 is 17.8 Å². The van der Waals surface area contributed by atoms with E-state index in [1.807, 2.05) is 43.3 Å². The van der Waals surface area contributed by atoms with Crippen LogP contribution in [0.5, 0.6) is 11.5 Å². The summed E-state index contributed by atoms with van der Waals surface area (Å²) in [6.45, 7) is 4.88. The lowest BCUT2D eigenvalue weighted by molar-refractivity contribution is -0.122. The molecule has 5 aromatic rings. The van der Waals surface area contributed by atoms with Crippen molar-refractivity contribution >= 4 is 40.4 Å². The monoisotopic (exact) mass is 582 g/mol. The van der Waals surface area contributed by atoms with Crippen molar-refractivity contribution in [1.29, 1.82) is 0 Å². The van der Waals surface area contributed by atoms with Gasteiger partial charge in [0.1, 0.15) is 30.3 Å². The second-order valence-electron chi connectivity index (χ2n) is 10.7. The van der Waals surface area contributed by atoms with Crippen LogP contribution in [0.3, 0.4) is 0 Å². The topological polar surface area (TPSA) is 84.9 Å². The van der Waals surface area contributed by atoms with E-state index in [9.17, 15) is 14.4 Å². The molecule has 1 heterocycles. The molecule has 0 unspecified atom stereocenters. The Kier molecular flexibility index (Phi) is 7.93. The molecule has 1 saturated heterocycles. The van der Waals surface area contributed by atoms with Crippen LogP contribution < -0.4 is 19.7 Å². The van der Waals surface area contributed by atoms with Gasteiger partial charge in [0, 0.05) is 5.56 Å². The molecule has 4 amide bonds. The maximum absolute atomic E-state index is 13.4. The Morgan fingerprint density at radius 2 is 1.36 bits per heavy atom. The van der Waals surface area contributed by atoms with Gasteiger partial charge < -0.3 is 9.47 Å². The van der Waals surface area contributed by atoms with Crippen molar-refractivity contribution in [2.45, 2.75) is 27.1 Å². The van der Waals surface area contributed by atoms with E-state index in [0.29, 0.717) is 36.0 Å². The maximum atomic E-state index is 13.4. The summed E-state index contributed by atoms with van der Waals surface area (Å²) in [6.07, 6.45) is 1.47. The predicted octanol–water partition coefficient (Wildman–Crippen LogP) is 7.28.